The van der Waals surface area contributed by atoms with Gasteiger partial charge in [0.05, 0.1) is 0 Å². The molecule has 0 aromatic carbocycles. The molecule has 4 heteroatoms. The van der Waals surface area contributed by atoms with E-state index in [0.29, 0.717) is 5.82 Å². The molecule has 0 bridgehead atoms. The van der Waals surface area contributed by atoms with Crippen LogP contribution in [0.3, 0.4) is 0 Å². The van der Waals surface area contributed by atoms with Crippen LogP contribution in [-0.4, -0.2) is 22.1 Å². The average Bonchev–Trinajstić information content (AvgIpc) is 2.26. The third kappa shape index (κ3) is 3.23. The van der Waals surface area contributed by atoms with Crippen LogP contribution in [0.25, 0.3) is 0 Å². The van der Waals surface area contributed by atoms with Crippen molar-refractivity contribution in [2.45, 2.75) is 26.3 Å². The highest BCUT2D eigenvalue weighted by Gasteiger charge is 2.23. The van der Waals surface area contributed by atoms with E-state index >= 15 is 0 Å². The van der Waals surface area contributed by atoms with Crippen LogP contribution >= 0.6 is 0 Å². The normalized spacial score (nSPS) is 14.3. The predicted octanol–water partition coefficient (Wildman–Crippen LogP) is 1.99. The number of carboxylic acid groups (broad SMARTS) is 1. The Bertz CT molecular complexity index is 314. The van der Waals surface area contributed by atoms with Gasteiger partial charge in [0.2, 0.25) is 0 Å². The number of aromatic nitrogens is 1. The van der Waals surface area contributed by atoms with E-state index in [1.54, 1.807) is 18.3 Å². The minimum absolute atomic E-state index is 0.0736. The van der Waals surface area contributed by atoms with Gasteiger partial charge in [-0.05, 0) is 18.1 Å². The molecule has 2 N–H and O–H groups in total. The number of carboxylic acids is 1. The number of hydrogen-bond donors (Lipinski definition) is 2. The van der Waals surface area contributed by atoms with Gasteiger partial charge >= 0.3 is 5.97 Å². The van der Waals surface area contributed by atoms with E-state index in [2.05, 4.69) is 10.3 Å². The van der Waals surface area contributed by atoms with E-state index in [9.17, 15) is 4.79 Å². The summed E-state index contributed by atoms with van der Waals surface area (Å²) in [6.45, 7) is 3.88. The first kappa shape index (κ1) is 11.5. The average molecular weight is 208 g/mol. The van der Waals surface area contributed by atoms with Crippen LogP contribution in [0.4, 0.5) is 5.82 Å². The van der Waals surface area contributed by atoms with Crippen LogP contribution in [0.1, 0.15) is 20.3 Å². The Morgan fingerprint density at radius 1 is 1.60 bits per heavy atom. The lowest BCUT2D eigenvalue weighted by molar-refractivity contribution is -0.139. The lowest BCUT2D eigenvalue weighted by atomic mass is 9.99. The van der Waals surface area contributed by atoms with Gasteiger partial charge in [-0.1, -0.05) is 26.3 Å². The minimum Gasteiger partial charge on any atom is -0.480 e. The number of nitrogens with one attached hydrogen (secondary N) is 1. The Morgan fingerprint density at radius 2 is 2.33 bits per heavy atom. The smallest absolute Gasteiger partial charge is 0.326 e. The molecule has 0 spiro atoms. The zero-order chi connectivity index (χ0) is 11.3. The maximum Gasteiger partial charge on any atom is 0.326 e. The van der Waals surface area contributed by atoms with Gasteiger partial charge in [0, 0.05) is 6.20 Å². The Balaban J connectivity index is 2.71. The third-order valence-electron chi connectivity index (χ3n) is 2.45. The molecule has 1 heterocycles. The third-order valence-corrected chi connectivity index (χ3v) is 2.45. The second-order valence-electron chi connectivity index (χ2n) is 3.56. The molecule has 82 valence electrons. The largest absolute Gasteiger partial charge is 0.480 e. The minimum atomic E-state index is -0.838. The van der Waals surface area contributed by atoms with Crippen LogP contribution in [0.5, 0.6) is 0 Å². The number of rotatable bonds is 5. The molecule has 0 amide bonds. The highest BCUT2D eigenvalue weighted by Crippen LogP contribution is 2.13. The van der Waals surface area contributed by atoms with Crippen molar-refractivity contribution in [2.24, 2.45) is 5.92 Å². The molecule has 2 unspecified atom stereocenters. The maximum atomic E-state index is 11.0. The van der Waals surface area contributed by atoms with Gasteiger partial charge in [0.1, 0.15) is 11.9 Å². The summed E-state index contributed by atoms with van der Waals surface area (Å²) in [5, 5.41) is 12.0. The molecule has 0 fully saturated rings. The first-order valence-electron chi connectivity index (χ1n) is 5.05. The fourth-order valence-electron chi connectivity index (χ4n) is 1.29. The second-order valence-corrected chi connectivity index (χ2v) is 3.56. The quantitative estimate of drug-likeness (QED) is 0.776. The molecule has 4 nitrogen and oxygen atoms in total. The van der Waals surface area contributed by atoms with E-state index in [1.165, 1.54) is 0 Å². The van der Waals surface area contributed by atoms with Gasteiger partial charge in [0.25, 0.3) is 0 Å². The number of hydrogen-bond acceptors (Lipinski definition) is 3. The molecule has 2 atom stereocenters. The number of pyridine rings is 1. The van der Waals surface area contributed by atoms with Crippen molar-refractivity contribution >= 4 is 11.8 Å². The fourth-order valence-corrected chi connectivity index (χ4v) is 1.29. The summed E-state index contributed by atoms with van der Waals surface area (Å²) in [6.07, 6.45) is 2.45. The highest BCUT2D eigenvalue weighted by atomic mass is 16.4. The molecule has 0 radical (unpaired) electrons. The Kier molecular flexibility index (Phi) is 4.09. The van der Waals surface area contributed by atoms with Gasteiger partial charge in [-0.3, -0.25) is 0 Å². The molecular formula is C11H16N2O2. The Hall–Kier alpha value is -1.58. The maximum absolute atomic E-state index is 11.0. The van der Waals surface area contributed by atoms with Crippen LogP contribution in [0.15, 0.2) is 24.4 Å². The zero-order valence-electron chi connectivity index (χ0n) is 8.97. The number of nitrogens with zero attached hydrogens (tertiary/aromatic N) is 1. The molecular weight excluding hydrogens is 192 g/mol. The molecule has 15 heavy (non-hydrogen) atoms. The van der Waals surface area contributed by atoms with Crippen molar-refractivity contribution in [3.63, 3.8) is 0 Å². The van der Waals surface area contributed by atoms with Crippen LogP contribution < -0.4 is 5.32 Å². The summed E-state index contributed by atoms with van der Waals surface area (Å²) in [4.78, 5) is 15.1. The van der Waals surface area contributed by atoms with E-state index in [4.69, 9.17) is 5.11 Å². The molecule has 0 aliphatic carbocycles. The Labute approximate surface area is 89.3 Å². The van der Waals surface area contributed by atoms with Crippen molar-refractivity contribution in [2.75, 3.05) is 5.32 Å². The summed E-state index contributed by atoms with van der Waals surface area (Å²) in [5.74, 6) is -0.162. The summed E-state index contributed by atoms with van der Waals surface area (Å²) in [6, 6.07) is 4.80. The van der Waals surface area contributed by atoms with Gasteiger partial charge < -0.3 is 10.4 Å². The van der Waals surface area contributed by atoms with Crippen molar-refractivity contribution in [1.29, 1.82) is 0 Å². The van der Waals surface area contributed by atoms with Gasteiger partial charge in [-0.2, -0.15) is 0 Å². The van der Waals surface area contributed by atoms with Crippen LogP contribution in [0, 0.1) is 5.92 Å². The van der Waals surface area contributed by atoms with E-state index < -0.39 is 12.0 Å². The van der Waals surface area contributed by atoms with Crippen LogP contribution in [-0.2, 0) is 4.79 Å². The number of anilines is 1. The Morgan fingerprint density at radius 3 is 2.80 bits per heavy atom. The molecule has 0 saturated heterocycles. The van der Waals surface area contributed by atoms with E-state index in [1.807, 2.05) is 19.9 Å². The molecule has 1 aromatic rings. The summed E-state index contributed by atoms with van der Waals surface area (Å²) in [5.41, 5.74) is 0. The number of aliphatic carboxylic acids is 1. The topological polar surface area (TPSA) is 62.2 Å². The predicted molar refractivity (Wildman–Crippen MR) is 58.7 cm³/mol. The summed E-state index contributed by atoms with van der Waals surface area (Å²) >= 11 is 0. The molecule has 1 aromatic heterocycles. The van der Waals surface area contributed by atoms with Crippen molar-refractivity contribution in [3.05, 3.63) is 24.4 Å². The monoisotopic (exact) mass is 208 g/mol. The number of carbonyl (C=O) groups is 1. The van der Waals surface area contributed by atoms with Crippen LogP contribution in [0.2, 0.25) is 0 Å². The van der Waals surface area contributed by atoms with E-state index in [0.717, 1.165) is 6.42 Å². The van der Waals surface area contributed by atoms with E-state index in [-0.39, 0.29) is 5.92 Å². The van der Waals surface area contributed by atoms with Gasteiger partial charge in [-0.15, -0.1) is 0 Å². The molecule has 0 aliphatic rings. The molecule has 1 rings (SSSR count). The fraction of sp³-hybridized carbons (Fsp3) is 0.455. The highest BCUT2D eigenvalue weighted by molar-refractivity contribution is 5.77. The van der Waals surface area contributed by atoms with Gasteiger partial charge in [0.15, 0.2) is 0 Å². The first-order chi connectivity index (χ1) is 7.15. The standard InChI is InChI=1S/C11H16N2O2/c1-3-8(2)10(11(14)15)13-9-6-4-5-7-12-9/h4-8,10H,3H2,1-2H3,(H,12,13)(H,14,15). The summed E-state index contributed by atoms with van der Waals surface area (Å²) in [7, 11) is 0. The van der Waals surface area contributed by atoms with Gasteiger partial charge in [-0.25, -0.2) is 9.78 Å². The summed E-state index contributed by atoms with van der Waals surface area (Å²) < 4.78 is 0. The second kappa shape index (κ2) is 5.34. The zero-order valence-corrected chi connectivity index (χ0v) is 8.97. The SMILES string of the molecule is CCC(C)C(Nc1ccccn1)C(=O)O. The van der Waals surface area contributed by atoms with Crippen molar-refractivity contribution < 1.29 is 9.90 Å². The molecule has 0 aliphatic heterocycles. The van der Waals surface area contributed by atoms with Crippen molar-refractivity contribution in [1.82, 2.24) is 4.98 Å². The first-order valence-corrected chi connectivity index (χ1v) is 5.05. The lowest BCUT2D eigenvalue weighted by Gasteiger charge is -2.20. The lowest BCUT2D eigenvalue weighted by Crippen LogP contribution is -2.35. The van der Waals surface area contributed by atoms with Crippen molar-refractivity contribution in [3.8, 4) is 0 Å². The molecule has 0 saturated carbocycles.